The van der Waals surface area contributed by atoms with E-state index in [2.05, 4.69) is 29.8 Å². The summed E-state index contributed by atoms with van der Waals surface area (Å²) in [6.07, 6.45) is 2.07. The fourth-order valence-electron chi connectivity index (χ4n) is 1.81. The van der Waals surface area contributed by atoms with Gasteiger partial charge < -0.3 is 9.47 Å². The molecule has 1 aromatic carbocycles. The summed E-state index contributed by atoms with van der Waals surface area (Å²) in [5.74, 6) is 2.11. The molecule has 0 spiro atoms. The van der Waals surface area contributed by atoms with E-state index in [9.17, 15) is 0 Å². The Hall–Kier alpha value is -0.410. The Kier molecular flexibility index (Phi) is 6.30. The summed E-state index contributed by atoms with van der Waals surface area (Å²) in [4.78, 5) is 0. The second-order valence-corrected chi connectivity index (χ2v) is 5.74. The lowest BCUT2D eigenvalue weighted by atomic mass is 9.98. The lowest BCUT2D eigenvalue weighted by Crippen LogP contribution is -2.02. The van der Waals surface area contributed by atoms with Gasteiger partial charge in [0.1, 0.15) is 16.0 Å². The predicted molar refractivity (Wildman–Crippen MR) is 79.9 cm³/mol. The van der Waals surface area contributed by atoms with E-state index in [1.54, 1.807) is 14.2 Å². The van der Waals surface area contributed by atoms with Gasteiger partial charge in [0, 0.05) is 5.56 Å². The maximum absolute atomic E-state index is 6.49. The Morgan fingerprint density at radius 1 is 1.28 bits per heavy atom. The number of alkyl halides is 1. The summed E-state index contributed by atoms with van der Waals surface area (Å²) in [6.45, 7) is 4.38. The zero-order chi connectivity index (χ0) is 13.7. The highest BCUT2D eigenvalue weighted by Gasteiger charge is 2.20. The number of hydrogen-bond donors (Lipinski definition) is 0. The average Bonchev–Trinajstić information content (AvgIpc) is 2.37. The van der Waals surface area contributed by atoms with Crippen LogP contribution in [0.1, 0.15) is 37.6 Å². The molecule has 4 heteroatoms. The van der Waals surface area contributed by atoms with Crippen LogP contribution in [0.25, 0.3) is 0 Å². The highest BCUT2D eigenvalue weighted by atomic mass is 79.9. The standard InChI is InChI=1S/C14H20BrClO2/c1-5-9(2)8-11(16)10-6-7-12(17-3)13(15)14(10)18-4/h6-7,9,11H,5,8H2,1-4H3. The second-order valence-electron chi connectivity index (χ2n) is 4.42. The molecular weight excluding hydrogens is 316 g/mol. The molecule has 0 heterocycles. The molecule has 102 valence electrons. The van der Waals surface area contributed by atoms with Crippen molar-refractivity contribution in [3.63, 3.8) is 0 Å². The van der Waals surface area contributed by atoms with Crippen LogP contribution in [0.4, 0.5) is 0 Å². The summed E-state index contributed by atoms with van der Waals surface area (Å²) in [5, 5.41) is -0.0443. The fraction of sp³-hybridized carbons (Fsp3) is 0.571. The topological polar surface area (TPSA) is 18.5 Å². The lowest BCUT2D eigenvalue weighted by Gasteiger charge is -2.19. The maximum atomic E-state index is 6.49. The van der Waals surface area contributed by atoms with Crippen LogP contribution in [-0.2, 0) is 0 Å². The molecule has 0 amide bonds. The molecule has 2 atom stereocenters. The summed E-state index contributed by atoms with van der Waals surface area (Å²) >= 11 is 9.99. The van der Waals surface area contributed by atoms with E-state index in [1.807, 2.05) is 12.1 Å². The van der Waals surface area contributed by atoms with E-state index < -0.39 is 0 Å². The minimum absolute atomic E-state index is 0.0443. The van der Waals surface area contributed by atoms with Crippen LogP contribution in [0, 0.1) is 5.92 Å². The number of halogens is 2. The van der Waals surface area contributed by atoms with Crippen molar-refractivity contribution in [1.82, 2.24) is 0 Å². The van der Waals surface area contributed by atoms with Crippen molar-refractivity contribution in [3.8, 4) is 11.5 Å². The highest BCUT2D eigenvalue weighted by Crippen LogP contribution is 2.43. The van der Waals surface area contributed by atoms with Crippen molar-refractivity contribution >= 4 is 27.5 Å². The van der Waals surface area contributed by atoms with Gasteiger partial charge in [-0.25, -0.2) is 0 Å². The summed E-state index contributed by atoms with van der Waals surface area (Å²) < 4.78 is 11.5. The molecule has 0 bridgehead atoms. The molecule has 0 saturated heterocycles. The molecule has 0 saturated carbocycles. The maximum Gasteiger partial charge on any atom is 0.141 e. The highest BCUT2D eigenvalue weighted by molar-refractivity contribution is 9.10. The third-order valence-electron chi connectivity index (χ3n) is 3.16. The normalized spacial score (nSPS) is 14.1. The van der Waals surface area contributed by atoms with Gasteiger partial charge in [0.2, 0.25) is 0 Å². The Morgan fingerprint density at radius 3 is 2.44 bits per heavy atom. The summed E-state index contributed by atoms with van der Waals surface area (Å²) in [5.41, 5.74) is 1.01. The van der Waals surface area contributed by atoms with Crippen molar-refractivity contribution in [2.24, 2.45) is 5.92 Å². The molecule has 0 aromatic heterocycles. The average molecular weight is 336 g/mol. The molecule has 0 N–H and O–H groups in total. The monoisotopic (exact) mass is 334 g/mol. The van der Waals surface area contributed by atoms with Gasteiger partial charge in [0.25, 0.3) is 0 Å². The van der Waals surface area contributed by atoms with Crippen LogP contribution in [0.2, 0.25) is 0 Å². The third-order valence-corrected chi connectivity index (χ3v) is 4.32. The van der Waals surface area contributed by atoms with Gasteiger partial charge in [-0.1, -0.05) is 26.3 Å². The SMILES string of the molecule is CCC(C)CC(Cl)c1ccc(OC)c(Br)c1OC. The number of hydrogen-bond acceptors (Lipinski definition) is 2. The fourth-order valence-corrected chi connectivity index (χ4v) is 2.97. The van der Waals surface area contributed by atoms with Crippen LogP contribution in [0.5, 0.6) is 11.5 Å². The Bertz CT molecular complexity index is 396. The summed E-state index contributed by atoms with van der Waals surface area (Å²) in [6, 6.07) is 3.89. The molecule has 0 radical (unpaired) electrons. The predicted octanol–water partition coefficient (Wildman–Crippen LogP) is 5.18. The van der Waals surface area contributed by atoms with Gasteiger partial charge >= 0.3 is 0 Å². The van der Waals surface area contributed by atoms with Gasteiger partial charge in [-0.2, -0.15) is 0 Å². The zero-order valence-corrected chi connectivity index (χ0v) is 13.6. The van der Waals surface area contributed by atoms with Gasteiger partial charge in [-0.05, 0) is 34.3 Å². The van der Waals surface area contributed by atoms with Crippen LogP contribution in [0.3, 0.4) is 0 Å². The molecule has 0 aliphatic carbocycles. The Labute approximate surface area is 123 Å². The van der Waals surface area contributed by atoms with E-state index in [0.717, 1.165) is 34.4 Å². The van der Waals surface area contributed by atoms with Gasteiger partial charge in [0.15, 0.2) is 0 Å². The van der Waals surface area contributed by atoms with Gasteiger partial charge in [0.05, 0.1) is 19.6 Å². The molecule has 2 unspecified atom stereocenters. The van der Waals surface area contributed by atoms with Crippen molar-refractivity contribution in [2.45, 2.75) is 32.1 Å². The number of rotatable bonds is 6. The van der Waals surface area contributed by atoms with E-state index in [0.29, 0.717) is 5.92 Å². The van der Waals surface area contributed by atoms with E-state index in [1.165, 1.54) is 0 Å². The van der Waals surface area contributed by atoms with Crippen molar-refractivity contribution < 1.29 is 9.47 Å². The second kappa shape index (κ2) is 7.25. The first-order valence-corrected chi connectivity index (χ1v) is 7.32. The first-order valence-electron chi connectivity index (χ1n) is 6.09. The number of methoxy groups -OCH3 is 2. The Balaban J connectivity index is 3.05. The summed E-state index contributed by atoms with van der Waals surface area (Å²) in [7, 11) is 3.28. The van der Waals surface area contributed by atoms with Crippen LogP contribution in [0.15, 0.2) is 16.6 Å². The van der Waals surface area contributed by atoms with Crippen LogP contribution < -0.4 is 9.47 Å². The van der Waals surface area contributed by atoms with Crippen molar-refractivity contribution in [2.75, 3.05) is 14.2 Å². The smallest absolute Gasteiger partial charge is 0.141 e. The molecule has 1 aromatic rings. The van der Waals surface area contributed by atoms with Gasteiger partial charge in [-0.15, -0.1) is 11.6 Å². The van der Waals surface area contributed by atoms with E-state index >= 15 is 0 Å². The zero-order valence-electron chi connectivity index (χ0n) is 11.3. The van der Waals surface area contributed by atoms with Crippen LogP contribution in [-0.4, -0.2) is 14.2 Å². The quantitative estimate of drug-likeness (QED) is 0.667. The van der Waals surface area contributed by atoms with E-state index in [4.69, 9.17) is 21.1 Å². The van der Waals surface area contributed by atoms with Gasteiger partial charge in [-0.3, -0.25) is 0 Å². The molecule has 0 aliphatic heterocycles. The number of benzene rings is 1. The van der Waals surface area contributed by atoms with E-state index in [-0.39, 0.29) is 5.38 Å². The largest absolute Gasteiger partial charge is 0.495 e. The molecule has 0 aliphatic rings. The minimum atomic E-state index is -0.0443. The first-order chi connectivity index (χ1) is 8.54. The molecule has 0 fully saturated rings. The molecule has 1 rings (SSSR count). The molecule has 18 heavy (non-hydrogen) atoms. The minimum Gasteiger partial charge on any atom is -0.495 e. The molecule has 2 nitrogen and oxygen atoms in total. The molecular formula is C14H20BrClO2. The lowest BCUT2D eigenvalue weighted by molar-refractivity contribution is 0.383. The third kappa shape index (κ3) is 3.55. The van der Waals surface area contributed by atoms with Crippen molar-refractivity contribution in [1.29, 1.82) is 0 Å². The first kappa shape index (κ1) is 15.6. The van der Waals surface area contributed by atoms with Crippen LogP contribution >= 0.6 is 27.5 Å². The Morgan fingerprint density at radius 2 is 1.94 bits per heavy atom. The number of ether oxygens (including phenoxy) is 2. The van der Waals surface area contributed by atoms with Crippen molar-refractivity contribution in [3.05, 3.63) is 22.2 Å².